The van der Waals surface area contributed by atoms with Gasteiger partial charge in [0.05, 0.1) is 18.2 Å². The summed E-state index contributed by atoms with van der Waals surface area (Å²) in [6, 6.07) is 17.8. The summed E-state index contributed by atoms with van der Waals surface area (Å²) in [5, 5.41) is 5.76. The monoisotopic (exact) mass is 496 g/mol. The van der Waals surface area contributed by atoms with Gasteiger partial charge in [-0.1, -0.05) is 31.2 Å². The fourth-order valence-corrected chi connectivity index (χ4v) is 3.68. The van der Waals surface area contributed by atoms with Crippen LogP contribution in [0.5, 0.6) is 11.5 Å². The van der Waals surface area contributed by atoms with Crippen molar-refractivity contribution < 1.29 is 19.1 Å². The second kappa shape index (κ2) is 10.8. The number of ether oxygens (including phenoxy) is 2. The Kier molecular flexibility index (Phi) is 7.89. The van der Waals surface area contributed by atoms with Gasteiger partial charge in [0.15, 0.2) is 11.5 Å². The Balaban J connectivity index is 1.82. The lowest BCUT2D eigenvalue weighted by atomic mass is 10.1. The molecule has 0 aliphatic heterocycles. The number of hydrogen-bond acceptors (Lipinski definition) is 4. The zero-order valence-corrected chi connectivity index (χ0v) is 19.8. The highest BCUT2D eigenvalue weighted by molar-refractivity contribution is 9.10. The number of rotatable bonds is 8. The Morgan fingerprint density at radius 2 is 1.72 bits per heavy atom. The van der Waals surface area contributed by atoms with Gasteiger partial charge in [-0.15, -0.1) is 0 Å². The number of carbonyl (C=O) groups excluding carboxylic acids is 2. The van der Waals surface area contributed by atoms with Crippen LogP contribution >= 0.6 is 15.9 Å². The predicted octanol–water partition coefficient (Wildman–Crippen LogP) is 6.06. The van der Waals surface area contributed by atoms with Gasteiger partial charge in [-0.05, 0) is 71.2 Å². The molecule has 3 aromatic rings. The van der Waals surface area contributed by atoms with E-state index in [4.69, 9.17) is 9.47 Å². The van der Waals surface area contributed by atoms with Gasteiger partial charge in [0.1, 0.15) is 0 Å². The molecular weight excluding hydrogens is 472 g/mol. The van der Waals surface area contributed by atoms with Gasteiger partial charge in [0.2, 0.25) is 0 Å². The first-order valence-corrected chi connectivity index (χ1v) is 11.0. The third-order valence-corrected chi connectivity index (χ3v) is 5.39. The van der Waals surface area contributed by atoms with Crippen LogP contribution in [0.25, 0.3) is 0 Å². The van der Waals surface area contributed by atoms with Gasteiger partial charge in [-0.2, -0.15) is 0 Å². The molecule has 0 saturated heterocycles. The minimum atomic E-state index is -0.324. The van der Waals surface area contributed by atoms with Crippen molar-refractivity contribution in [1.82, 2.24) is 0 Å². The maximum Gasteiger partial charge on any atom is 0.256 e. The van der Waals surface area contributed by atoms with Crippen LogP contribution in [0, 0.1) is 6.92 Å². The van der Waals surface area contributed by atoms with E-state index in [1.54, 1.807) is 37.3 Å². The Labute approximate surface area is 196 Å². The third kappa shape index (κ3) is 5.48. The molecule has 3 rings (SSSR count). The molecule has 0 fully saturated rings. The molecule has 0 bridgehead atoms. The van der Waals surface area contributed by atoms with Crippen LogP contribution in [0.2, 0.25) is 0 Å². The number of nitrogens with one attached hydrogen (secondary N) is 2. The van der Waals surface area contributed by atoms with Crippen molar-refractivity contribution in [3.63, 3.8) is 0 Å². The topological polar surface area (TPSA) is 76.7 Å². The SMILES string of the molecule is CCCOc1c(Br)cc(C(=O)Nc2cccc(C(=O)Nc3ccccc3)c2C)cc1OC. The van der Waals surface area contributed by atoms with Crippen LogP contribution in [-0.2, 0) is 0 Å². The maximum absolute atomic E-state index is 13.0. The first-order valence-electron chi connectivity index (χ1n) is 10.2. The summed E-state index contributed by atoms with van der Waals surface area (Å²) < 4.78 is 11.8. The van der Waals surface area contributed by atoms with Gasteiger partial charge in [0.25, 0.3) is 11.8 Å². The molecular formula is C25H25BrN2O4. The first kappa shape index (κ1) is 23.3. The summed E-state index contributed by atoms with van der Waals surface area (Å²) in [5.74, 6) is 0.453. The van der Waals surface area contributed by atoms with Gasteiger partial charge in [-0.25, -0.2) is 0 Å². The lowest BCUT2D eigenvalue weighted by Crippen LogP contribution is -2.17. The van der Waals surface area contributed by atoms with E-state index < -0.39 is 0 Å². The number of amides is 2. The van der Waals surface area contributed by atoms with Crippen molar-refractivity contribution in [1.29, 1.82) is 0 Å². The van der Waals surface area contributed by atoms with Crippen LogP contribution in [0.15, 0.2) is 65.1 Å². The summed E-state index contributed by atoms with van der Waals surface area (Å²) >= 11 is 3.46. The molecule has 32 heavy (non-hydrogen) atoms. The van der Waals surface area contributed by atoms with Crippen LogP contribution < -0.4 is 20.1 Å². The van der Waals surface area contributed by atoms with Crippen molar-refractivity contribution in [2.24, 2.45) is 0 Å². The fraction of sp³-hybridized carbons (Fsp3) is 0.200. The van der Waals surface area contributed by atoms with E-state index in [-0.39, 0.29) is 11.8 Å². The lowest BCUT2D eigenvalue weighted by molar-refractivity contribution is 0.101. The molecule has 0 spiro atoms. The van der Waals surface area contributed by atoms with E-state index in [9.17, 15) is 9.59 Å². The Hall–Kier alpha value is -3.32. The molecule has 0 aromatic heterocycles. The van der Waals surface area contributed by atoms with E-state index in [1.165, 1.54) is 7.11 Å². The lowest BCUT2D eigenvalue weighted by Gasteiger charge is -2.15. The predicted molar refractivity (Wildman–Crippen MR) is 130 cm³/mol. The largest absolute Gasteiger partial charge is 0.493 e. The van der Waals surface area contributed by atoms with Crippen molar-refractivity contribution in [3.8, 4) is 11.5 Å². The number of carbonyl (C=O) groups is 2. The van der Waals surface area contributed by atoms with E-state index in [2.05, 4.69) is 26.6 Å². The van der Waals surface area contributed by atoms with Crippen LogP contribution in [-0.4, -0.2) is 25.5 Å². The number of para-hydroxylation sites is 1. The van der Waals surface area contributed by atoms with Crippen LogP contribution in [0.3, 0.4) is 0 Å². The van der Waals surface area contributed by atoms with E-state index in [0.717, 1.165) is 6.42 Å². The fourth-order valence-electron chi connectivity index (χ4n) is 3.13. The second-order valence-electron chi connectivity index (χ2n) is 7.09. The molecule has 0 saturated carbocycles. The Morgan fingerprint density at radius 1 is 0.969 bits per heavy atom. The van der Waals surface area contributed by atoms with Crippen molar-refractivity contribution in [3.05, 3.63) is 81.8 Å². The second-order valence-corrected chi connectivity index (χ2v) is 7.94. The van der Waals surface area contributed by atoms with Gasteiger partial charge in [0, 0.05) is 22.5 Å². The molecule has 6 nitrogen and oxygen atoms in total. The van der Waals surface area contributed by atoms with Crippen molar-refractivity contribution in [2.45, 2.75) is 20.3 Å². The minimum absolute atomic E-state index is 0.244. The number of benzene rings is 3. The van der Waals surface area contributed by atoms with Gasteiger partial charge < -0.3 is 20.1 Å². The quantitative estimate of drug-likeness (QED) is 0.397. The molecule has 0 heterocycles. The molecule has 7 heteroatoms. The van der Waals surface area contributed by atoms with Gasteiger partial charge in [-0.3, -0.25) is 9.59 Å². The molecule has 0 aliphatic rings. The highest BCUT2D eigenvalue weighted by Gasteiger charge is 2.18. The molecule has 2 N–H and O–H groups in total. The molecule has 166 valence electrons. The highest BCUT2D eigenvalue weighted by atomic mass is 79.9. The zero-order chi connectivity index (χ0) is 23.1. The van der Waals surface area contributed by atoms with E-state index in [0.29, 0.717) is 50.6 Å². The van der Waals surface area contributed by atoms with E-state index in [1.807, 2.05) is 37.3 Å². The highest BCUT2D eigenvalue weighted by Crippen LogP contribution is 2.37. The van der Waals surface area contributed by atoms with E-state index >= 15 is 0 Å². The van der Waals surface area contributed by atoms with Crippen molar-refractivity contribution >= 4 is 39.1 Å². The number of anilines is 2. The summed E-state index contributed by atoms with van der Waals surface area (Å²) in [5.41, 5.74) is 2.80. The molecule has 0 radical (unpaired) electrons. The minimum Gasteiger partial charge on any atom is -0.493 e. The zero-order valence-electron chi connectivity index (χ0n) is 18.2. The normalized spacial score (nSPS) is 10.4. The molecule has 0 aliphatic carbocycles. The Morgan fingerprint density at radius 3 is 2.41 bits per heavy atom. The number of hydrogen-bond donors (Lipinski definition) is 2. The molecule has 0 atom stereocenters. The molecule has 0 unspecified atom stereocenters. The standard InChI is InChI=1S/C25H25BrN2O4/c1-4-13-32-23-20(26)14-17(15-22(23)31-3)24(29)28-21-12-8-11-19(16(21)2)25(30)27-18-9-6-5-7-10-18/h5-12,14-15H,4,13H2,1-3H3,(H,27,30)(H,28,29). The number of halogens is 1. The summed E-state index contributed by atoms with van der Waals surface area (Å²) in [7, 11) is 1.53. The Bertz CT molecular complexity index is 1120. The smallest absolute Gasteiger partial charge is 0.256 e. The van der Waals surface area contributed by atoms with Gasteiger partial charge >= 0.3 is 0 Å². The molecule has 3 aromatic carbocycles. The summed E-state index contributed by atoms with van der Waals surface area (Å²) in [6.45, 7) is 4.35. The average molecular weight is 497 g/mol. The summed E-state index contributed by atoms with van der Waals surface area (Å²) in [6.07, 6.45) is 0.852. The number of methoxy groups -OCH3 is 1. The maximum atomic E-state index is 13.0. The average Bonchev–Trinajstić information content (AvgIpc) is 2.79. The molecule has 2 amide bonds. The van der Waals surface area contributed by atoms with Crippen LogP contribution in [0.4, 0.5) is 11.4 Å². The third-order valence-electron chi connectivity index (χ3n) is 4.80. The first-order chi connectivity index (χ1) is 15.4. The van der Waals surface area contributed by atoms with Crippen molar-refractivity contribution in [2.75, 3.05) is 24.4 Å². The van der Waals surface area contributed by atoms with Crippen LogP contribution in [0.1, 0.15) is 39.6 Å². The summed E-state index contributed by atoms with van der Waals surface area (Å²) in [4.78, 5) is 25.7.